The third kappa shape index (κ3) is 3.30. The van der Waals surface area contributed by atoms with Gasteiger partial charge in [-0.15, -0.1) is 0 Å². The van der Waals surface area contributed by atoms with Crippen molar-refractivity contribution in [3.8, 4) is 0 Å². The molecule has 0 radical (unpaired) electrons. The molecule has 0 atom stereocenters. The van der Waals surface area contributed by atoms with E-state index in [1.54, 1.807) is 0 Å². The maximum absolute atomic E-state index is 13.0. The molecule has 2 N–H and O–H groups in total. The van der Waals surface area contributed by atoms with Gasteiger partial charge in [-0.3, -0.25) is 0 Å². The molecule has 120 valence electrons. The van der Waals surface area contributed by atoms with Gasteiger partial charge in [-0.25, -0.2) is 0 Å². The van der Waals surface area contributed by atoms with Crippen molar-refractivity contribution < 1.29 is 13.2 Å². The zero-order valence-electron chi connectivity index (χ0n) is 11.9. The second kappa shape index (κ2) is 6.05. The van der Waals surface area contributed by atoms with Crippen LogP contribution in [0.5, 0.6) is 0 Å². The quantitative estimate of drug-likeness (QED) is 0.787. The summed E-state index contributed by atoms with van der Waals surface area (Å²) in [6.45, 7) is 0.446. The topological polar surface area (TPSA) is 29.3 Å². The summed E-state index contributed by atoms with van der Waals surface area (Å²) in [4.78, 5) is 3.99. The molecule has 1 aliphatic heterocycles. The van der Waals surface area contributed by atoms with Crippen LogP contribution in [0, 0.1) is 0 Å². The van der Waals surface area contributed by atoms with Gasteiger partial charge in [-0.2, -0.15) is 13.2 Å². The van der Waals surface area contributed by atoms with Gasteiger partial charge in [0.05, 0.1) is 21.9 Å². The molecule has 2 aromatic rings. The van der Waals surface area contributed by atoms with Gasteiger partial charge >= 0.3 is 6.18 Å². The summed E-state index contributed by atoms with van der Waals surface area (Å²) >= 11 is 6.38. The summed E-state index contributed by atoms with van der Waals surface area (Å²) < 4.78 is 39.1. The highest BCUT2D eigenvalue weighted by molar-refractivity contribution is 7.99. The number of nitrogens with two attached hydrogens (primary N) is 1. The molecule has 23 heavy (non-hydrogen) atoms. The highest BCUT2D eigenvalue weighted by Crippen LogP contribution is 2.49. The first-order valence-corrected chi connectivity index (χ1v) is 8.13. The van der Waals surface area contributed by atoms with Gasteiger partial charge in [0.2, 0.25) is 0 Å². The summed E-state index contributed by atoms with van der Waals surface area (Å²) in [5.74, 6) is 0. The number of alkyl halides is 3. The molecule has 0 amide bonds. The smallest absolute Gasteiger partial charge is 0.393 e. The number of fused-ring (bicyclic) bond motifs is 2. The van der Waals surface area contributed by atoms with E-state index in [0.717, 1.165) is 21.5 Å². The first-order chi connectivity index (χ1) is 10.9. The Morgan fingerprint density at radius 1 is 1.09 bits per heavy atom. The van der Waals surface area contributed by atoms with E-state index in [4.69, 9.17) is 18.0 Å². The van der Waals surface area contributed by atoms with Crippen LogP contribution in [0.3, 0.4) is 0 Å². The van der Waals surface area contributed by atoms with Crippen LogP contribution < -0.4 is 10.6 Å². The van der Waals surface area contributed by atoms with E-state index in [0.29, 0.717) is 23.6 Å². The largest absolute Gasteiger partial charge is 0.416 e. The average molecular weight is 354 g/mol. The Kier molecular flexibility index (Phi) is 4.25. The molecule has 3 rings (SSSR count). The lowest BCUT2D eigenvalue weighted by Gasteiger charge is -2.33. The van der Waals surface area contributed by atoms with E-state index >= 15 is 0 Å². The minimum atomic E-state index is -4.37. The van der Waals surface area contributed by atoms with Crippen LogP contribution in [0.2, 0.25) is 0 Å². The molecule has 0 saturated heterocycles. The number of halogens is 3. The summed E-state index contributed by atoms with van der Waals surface area (Å²) in [5, 5.41) is 0. The van der Waals surface area contributed by atoms with Crippen molar-refractivity contribution >= 4 is 40.3 Å². The summed E-state index contributed by atoms with van der Waals surface area (Å²) in [7, 11) is 0. The fourth-order valence-corrected chi connectivity index (χ4v) is 3.64. The second-order valence-corrected chi connectivity index (χ2v) is 6.73. The van der Waals surface area contributed by atoms with E-state index in [9.17, 15) is 13.2 Å². The third-order valence-corrected chi connectivity index (χ3v) is 4.87. The van der Waals surface area contributed by atoms with Crippen molar-refractivity contribution in [2.24, 2.45) is 5.73 Å². The fraction of sp³-hybridized carbons (Fsp3) is 0.188. The second-order valence-electron chi connectivity index (χ2n) is 5.12. The summed E-state index contributed by atoms with van der Waals surface area (Å²) in [6, 6.07) is 11.5. The lowest BCUT2D eigenvalue weighted by Crippen LogP contribution is -2.26. The Bertz CT molecular complexity index is 759. The van der Waals surface area contributed by atoms with Crippen molar-refractivity contribution in [3.63, 3.8) is 0 Å². The van der Waals surface area contributed by atoms with E-state index in [2.05, 4.69) is 0 Å². The maximum atomic E-state index is 13.0. The van der Waals surface area contributed by atoms with Gasteiger partial charge in [-0.05, 0) is 30.3 Å². The van der Waals surface area contributed by atoms with Crippen molar-refractivity contribution in [1.82, 2.24) is 0 Å². The number of para-hydroxylation sites is 1. The molecule has 0 fully saturated rings. The van der Waals surface area contributed by atoms with Crippen molar-refractivity contribution in [2.45, 2.75) is 22.4 Å². The lowest BCUT2D eigenvalue weighted by molar-refractivity contribution is -0.137. The maximum Gasteiger partial charge on any atom is 0.416 e. The van der Waals surface area contributed by atoms with Crippen LogP contribution in [0.15, 0.2) is 52.3 Å². The van der Waals surface area contributed by atoms with Gasteiger partial charge in [0.1, 0.15) is 0 Å². The lowest BCUT2D eigenvalue weighted by atomic mass is 10.1. The summed E-state index contributed by atoms with van der Waals surface area (Å²) in [5.41, 5.74) is 6.33. The zero-order chi connectivity index (χ0) is 16.6. The van der Waals surface area contributed by atoms with Crippen molar-refractivity contribution in [1.29, 1.82) is 0 Å². The van der Waals surface area contributed by atoms with Gasteiger partial charge in [0.25, 0.3) is 0 Å². The Labute approximate surface area is 141 Å². The van der Waals surface area contributed by atoms with Crippen LogP contribution >= 0.6 is 24.0 Å². The number of rotatable bonds is 3. The van der Waals surface area contributed by atoms with Crippen molar-refractivity contribution in [2.75, 3.05) is 11.4 Å². The Morgan fingerprint density at radius 3 is 2.48 bits per heavy atom. The number of benzene rings is 2. The van der Waals surface area contributed by atoms with Gasteiger partial charge < -0.3 is 10.6 Å². The van der Waals surface area contributed by atoms with Crippen LogP contribution in [0.4, 0.5) is 24.5 Å². The number of hydrogen-bond donors (Lipinski definition) is 1. The van der Waals surface area contributed by atoms with E-state index < -0.39 is 11.7 Å². The molecule has 2 aromatic carbocycles. The molecule has 0 saturated carbocycles. The van der Waals surface area contributed by atoms with Crippen LogP contribution in [-0.2, 0) is 6.18 Å². The third-order valence-electron chi connectivity index (χ3n) is 3.53. The zero-order valence-corrected chi connectivity index (χ0v) is 13.6. The van der Waals surface area contributed by atoms with Crippen LogP contribution in [0.25, 0.3) is 0 Å². The van der Waals surface area contributed by atoms with Crippen LogP contribution in [0.1, 0.15) is 12.0 Å². The molecular weight excluding hydrogens is 341 g/mol. The molecule has 1 heterocycles. The first-order valence-electron chi connectivity index (χ1n) is 6.90. The highest BCUT2D eigenvalue weighted by atomic mass is 32.2. The molecule has 0 aromatic heterocycles. The van der Waals surface area contributed by atoms with E-state index in [-0.39, 0.29) is 0 Å². The van der Waals surface area contributed by atoms with Crippen LogP contribution in [-0.4, -0.2) is 11.5 Å². The minimum Gasteiger partial charge on any atom is -0.393 e. The minimum absolute atomic E-state index is 0.342. The Morgan fingerprint density at radius 2 is 1.78 bits per heavy atom. The molecule has 7 heteroatoms. The normalized spacial score (nSPS) is 13.4. The molecule has 0 unspecified atom stereocenters. The number of anilines is 2. The van der Waals surface area contributed by atoms with E-state index in [1.165, 1.54) is 23.9 Å². The molecule has 0 aliphatic carbocycles. The van der Waals surface area contributed by atoms with Crippen molar-refractivity contribution in [3.05, 3.63) is 48.0 Å². The van der Waals surface area contributed by atoms with Gasteiger partial charge in [0.15, 0.2) is 0 Å². The number of thiocarbonyl (C=S) groups is 1. The predicted octanol–water partition coefficient (Wildman–Crippen LogP) is 4.98. The molecule has 2 nitrogen and oxygen atoms in total. The Balaban J connectivity index is 2.08. The highest BCUT2D eigenvalue weighted by Gasteiger charge is 2.33. The standard InChI is InChI=1S/C16H13F3N2S2/c17-16(18,19)10-5-6-14-12(9-10)21(8-7-15(20)22)11-3-1-2-4-13(11)23-14/h1-6,9H,7-8H2,(H2,20,22). The predicted molar refractivity (Wildman–Crippen MR) is 90.4 cm³/mol. The molecular formula is C16H13F3N2S2. The monoisotopic (exact) mass is 354 g/mol. The fourth-order valence-electron chi connectivity index (χ4n) is 2.47. The first kappa shape index (κ1) is 16.1. The average Bonchev–Trinajstić information content (AvgIpc) is 2.49. The number of hydrogen-bond acceptors (Lipinski definition) is 3. The van der Waals surface area contributed by atoms with E-state index in [1.807, 2.05) is 29.2 Å². The van der Waals surface area contributed by atoms with Gasteiger partial charge in [-0.1, -0.05) is 36.1 Å². The molecule has 0 bridgehead atoms. The Hall–Kier alpha value is -1.73. The number of nitrogens with zero attached hydrogens (tertiary/aromatic N) is 1. The SMILES string of the molecule is NC(=S)CCN1c2ccccc2Sc2ccc(C(F)(F)F)cc21. The molecule has 1 aliphatic rings. The summed E-state index contributed by atoms with van der Waals surface area (Å²) in [6.07, 6.45) is -3.94. The molecule has 0 spiro atoms. The van der Waals surface area contributed by atoms with Gasteiger partial charge in [0, 0.05) is 22.8 Å².